The largest absolute Gasteiger partial charge is 0.462 e. The van der Waals surface area contributed by atoms with Gasteiger partial charge in [0.05, 0.1) is 16.6 Å². The Labute approximate surface area is 178 Å². The summed E-state index contributed by atoms with van der Waals surface area (Å²) in [7, 11) is 0. The number of ether oxygens (including phenoxy) is 1. The van der Waals surface area contributed by atoms with Crippen LogP contribution in [0.2, 0.25) is 0 Å². The Morgan fingerprint density at radius 3 is 2.63 bits per heavy atom. The number of thiophene rings is 1. The van der Waals surface area contributed by atoms with E-state index in [2.05, 4.69) is 97.7 Å². The standard InChI is InChI=1S/C21H16Br2N2OS/c1-21(13-4-6-14(22)7-5-13)25-18(12-17(24-25)20-3-2-10-27-20)16-11-15(23)8-9-19(16)26-21/h2-11,18H,12H2,1H3/t18-,21-/m1/s1. The number of halogens is 2. The van der Waals surface area contributed by atoms with Gasteiger partial charge < -0.3 is 4.74 Å². The van der Waals surface area contributed by atoms with Gasteiger partial charge in [-0.05, 0) is 41.8 Å². The monoisotopic (exact) mass is 502 g/mol. The number of fused-ring (bicyclic) bond motifs is 3. The van der Waals surface area contributed by atoms with Crippen LogP contribution in [0.1, 0.15) is 35.4 Å². The van der Waals surface area contributed by atoms with Gasteiger partial charge in [0.1, 0.15) is 5.75 Å². The van der Waals surface area contributed by atoms with Crippen LogP contribution in [0.15, 0.2) is 74.0 Å². The van der Waals surface area contributed by atoms with E-state index in [-0.39, 0.29) is 6.04 Å². The van der Waals surface area contributed by atoms with Crippen LogP contribution in [0.25, 0.3) is 0 Å². The lowest BCUT2D eigenvalue weighted by molar-refractivity contribution is -0.112. The Kier molecular flexibility index (Phi) is 4.18. The van der Waals surface area contributed by atoms with Crippen LogP contribution in [0.5, 0.6) is 5.75 Å². The van der Waals surface area contributed by atoms with Crippen molar-refractivity contribution in [2.75, 3.05) is 0 Å². The van der Waals surface area contributed by atoms with E-state index in [1.54, 1.807) is 11.3 Å². The van der Waals surface area contributed by atoms with Crippen LogP contribution in [-0.2, 0) is 5.72 Å². The quantitative estimate of drug-likeness (QED) is 0.389. The third kappa shape index (κ3) is 2.85. The maximum atomic E-state index is 6.57. The lowest BCUT2D eigenvalue weighted by Gasteiger charge is -2.46. The van der Waals surface area contributed by atoms with Crippen molar-refractivity contribution in [1.29, 1.82) is 0 Å². The molecule has 0 fully saturated rings. The molecule has 2 aromatic carbocycles. The molecule has 1 aromatic heterocycles. The molecule has 27 heavy (non-hydrogen) atoms. The topological polar surface area (TPSA) is 24.8 Å². The number of hydrogen-bond donors (Lipinski definition) is 0. The third-order valence-electron chi connectivity index (χ3n) is 5.17. The summed E-state index contributed by atoms with van der Waals surface area (Å²) in [4.78, 5) is 1.22. The van der Waals surface area contributed by atoms with E-state index in [0.29, 0.717) is 0 Å². The molecule has 0 spiro atoms. The second kappa shape index (κ2) is 6.47. The molecule has 0 aliphatic carbocycles. The van der Waals surface area contributed by atoms with Gasteiger partial charge in [-0.3, -0.25) is 0 Å². The van der Waals surface area contributed by atoms with Gasteiger partial charge >= 0.3 is 0 Å². The highest BCUT2D eigenvalue weighted by molar-refractivity contribution is 9.10. The molecule has 0 radical (unpaired) electrons. The zero-order valence-electron chi connectivity index (χ0n) is 14.5. The van der Waals surface area contributed by atoms with Crippen molar-refractivity contribution in [3.8, 4) is 5.75 Å². The van der Waals surface area contributed by atoms with E-state index in [0.717, 1.165) is 32.4 Å². The molecule has 3 aromatic rings. The molecule has 3 nitrogen and oxygen atoms in total. The highest BCUT2D eigenvalue weighted by atomic mass is 79.9. The Morgan fingerprint density at radius 2 is 1.89 bits per heavy atom. The first kappa shape index (κ1) is 17.5. The normalized spacial score (nSPS) is 23.4. The Balaban J connectivity index is 1.67. The zero-order chi connectivity index (χ0) is 18.6. The van der Waals surface area contributed by atoms with Gasteiger partial charge in [0.2, 0.25) is 5.72 Å². The predicted molar refractivity (Wildman–Crippen MR) is 116 cm³/mol. The fraction of sp³-hybridized carbons (Fsp3) is 0.190. The lowest BCUT2D eigenvalue weighted by Crippen LogP contribution is -2.48. The summed E-state index contributed by atoms with van der Waals surface area (Å²) in [5, 5.41) is 9.28. The van der Waals surface area contributed by atoms with Crippen molar-refractivity contribution in [1.82, 2.24) is 5.01 Å². The van der Waals surface area contributed by atoms with Crippen molar-refractivity contribution >= 4 is 48.9 Å². The molecule has 0 N–H and O–H groups in total. The molecule has 0 saturated carbocycles. The van der Waals surface area contributed by atoms with Crippen LogP contribution in [0.4, 0.5) is 0 Å². The van der Waals surface area contributed by atoms with Crippen molar-refractivity contribution in [3.63, 3.8) is 0 Å². The van der Waals surface area contributed by atoms with Crippen molar-refractivity contribution < 1.29 is 4.74 Å². The Hall–Kier alpha value is -1.63. The summed E-state index contributed by atoms with van der Waals surface area (Å²) < 4.78 is 8.67. The first-order valence-electron chi connectivity index (χ1n) is 8.70. The summed E-state index contributed by atoms with van der Waals surface area (Å²) in [6.45, 7) is 2.11. The molecular formula is C21H16Br2N2OS. The summed E-state index contributed by atoms with van der Waals surface area (Å²) in [5.41, 5.74) is 2.72. The second-order valence-electron chi connectivity index (χ2n) is 6.86. The Bertz CT molecular complexity index is 1030. The molecule has 6 heteroatoms. The molecule has 0 bridgehead atoms. The molecule has 0 amide bonds. The summed E-state index contributed by atoms with van der Waals surface area (Å²) >= 11 is 8.87. The van der Waals surface area contributed by atoms with Crippen molar-refractivity contribution in [2.24, 2.45) is 5.10 Å². The van der Waals surface area contributed by atoms with Gasteiger partial charge in [0, 0.05) is 33.4 Å². The minimum absolute atomic E-state index is 0.150. The lowest BCUT2D eigenvalue weighted by atomic mass is 9.93. The van der Waals surface area contributed by atoms with Crippen LogP contribution < -0.4 is 4.74 Å². The van der Waals surface area contributed by atoms with E-state index in [1.807, 2.05) is 6.07 Å². The highest BCUT2D eigenvalue weighted by Crippen LogP contribution is 2.51. The van der Waals surface area contributed by atoms with E-state index in [9.17, 15) is 0 Å². The first-order chi connectivity index (χ1) is 13.0. The summed E-state index contributed by atoms with van der Waals surface area (Å²) in [6, 6.07) is 18.9. The smallest absolute Gasteiger partial charge is 0.221 e. The predicted octanol–water partition coefficient (Wildman–Crippen LogP) is 6.69. The molecule has 2 atom stereocenters. The Morgan fingerprint density at radius 1 is 1.11 bits per heavy atom. The molecule has 0 saturated heterocycles. The van der Waals surface area contributed by atoms with Gasteiger partial charge in [0.15, 0.2) is 0 Å². The van der Waals surface area contributed by atoms with E-state index >= 15 is 0 Å². The molecule has 3 heterocycles. The van der Waals surface area contributed by atoms with Crippen LogP contribution >= 0.6 is 43.2 Å². The van der Waals surface area contributed by atoms with Crippen LogP contribution in [0, 0.1) is 0 Å². The van der Waals surface area contributed by atoms with E-state index in [1.165, 1.54) is 10.4 Å². The number of hydrogen-bond acceptors (Lipinski definition) is 4. The van der Waals surface area contributed by atoms with Crippen molar-refractivity contribution in [2.45, 2.75) is 25.1 Å². The average Bonchev–Trinajstić information content (AvgIpc) is 3.33. The third-order valence-corrected chi connectivity index (χ3v) is 7.11. The number of hydrazone groups is 1. The zero-order valence-corrected chi connectivity index (χ0v) is 18.5. The fourth-order valence-electron chi connectivity index (χ4n) is 3.82. The minimum Gasteiger partial charge on any atom is -0.462 e. The molecule has 0 unspecified atom stereocenters. The summed E-state index contributed by atoms with van der Waals surface area (Å²) in [6.07, 6.45) is 0.874. The first-order valence-corrected chi connectivity index (χ1v) is 11.2. The minimum atomic E-state index is -0.662. The van der Waals surface area contributed by atoms with Crippen molar-refractivity contribution in [3.05, 3.63) is 84.9 Å². The SMILES string of the molecule is C[C@]1(c2ccc(Br)cc2)Oc2ccc(Br)cc2[C@H]2CC(c3cccs3)=NN21. The molecule has 5 rings (SSSR count). The number of rotatable bonds is 2. The van der Waals surface area contributed by atoms with E-state index in [4.69, 9.17) is 9.84 Å². The van der Waals surface area contributed by atoms with Gasteiger partial charge in [-0.25, -0.2) is 5.01 Å². The molecule has 2 aliphatic rings. The average molecular weight is 504 g/mol. The fourth-order valence-corrected chi connectivity index (χ4v) is 5.19. The van der Waals surface area contributed by atoms with Crippen LogP contribution in [0.3, 0.4) is 0 Å². The van der Waals surface area contributed by atoms with Crippen LogP contribution in [-0.4, -0.2) is 10.7 Å². The maximum Gasteiger partial charge on any atom is 0.221 e. The number of benzene rings is 2. The molecule has 2 aliphatic heterocycles. The molecular weight excluding hydrogens is 488 g/mol. The van der Waals surface area contributed by atoms with Gasteiger partial charge in [-0.1, -0.05) is 50.1 Å². The maximum absolute atomic E-state index is 6.57. The van der Waals surface area contributed by atoms with E-state index < -0.39 is 5.72 Å². The van der Waals surface area contributed by atoms with Gasteiger partial charge in [-0.15, -0.1) is 11.3 Å². The van der Waals surface area contributed by atoms with Gasteiger partial charge in [0.25, 0.3) is 0 Å². The summed E-state index contributed by atoms with van der Waals surface area (Å²) in [5.74, 6) is 0.924. The van der Waals surface area contributed by atoms with Gasteiger partial charge in [-0.2, -0.15) is 5.10 Å². The highest BCUT2D eigenvalue weighted by Gasteiger charge is 2.48. The second-order valence-corrected chi connectivity index (χ2v) is 9.64. The molecule has 136 valence electrons. The number of nitrogens with zero attached hydrogens (tertiary/aromatic N) is 2.